The highest BCUT2D eigenvalue weighted by molar-refractivity contribution is 7.80. The van der Waals surface area contributed by atoms with Crippen LogP contribution in [0.25, 0.3) is 0 Å². The van der Waals surface area contributed by atoms with Crippen molar-refractivity contribution >= 4 is 28.9 Å². The summed E-state index contributed by atoms with van der Waals surface area (Å²) in [5.41, 5.74) is 7.64. The van der Waals surface area contributed by atoms with Crippen LogP contribution in [0.2, 0.25) is 0 Å². The predicted octanol–water partition coefficient (Wildman–Crippen LogP) is 5.51. The summed E-state index contributed by atoms with van der Waals surface area (Å²) >= 11 is 5.85. The first-order valence-corrected chi connectivity index (χ1v) is 13.8. The summed E-state index contributed by atoms with van der Waals surface area (Å²) in [6.07, 6.45) is 6.64. The first-order valence-electron chi connectivity index (χ1n) is 13.4. The lowest BCUT2D eigenvalue weighted by molar-refractivity contribution is -0.116. The van der Waals surface area contributed by atoms with Gasteiger partial charge in [0.2, 0.25) is 5.91 Å². The maximum atomic E-state index is 13.0. The third-order valence-corrected chi connectivity index (χ3v) is 7.82. The lowest BCUT2D eigenvalue weighted by Gasteiger charge is -2.28. The number of carbonyl (C=O) groups is 1. The minimum atomic E-state index is -0.127. The van der Waals surface area contributed by atoms with Crippen LogP contribution in [0.1, 0.15) is 59.2 Å². The molecule has 7 nitrogen and oxygen atoms in total. The van der Waals surface area contributed by atoms with E-state index >= 15 is 0 Å². The van der Waals surface area contributed by atoms with Gasteiger partial charge in [-0.1, -0.05) is 31.2 Å². The smallest absolute Gasteiger partial charge is 0.226 e. The third-order valence-electron chi connectivity index (χ3n) is 7.47. The summed E-state index contributed by atoms with van der Waals surface area (Å²) in [6.45, 7) is 7.64. The van der Waals surface area contributed by atoms with Crippen LogP contribution in [0.3, 0.4) is 0 Å². The van der Waals surface area contributed by atoms with E-state index in [2.05, 4.69) is 56.9 Å². The molecule has 1 aliphatic rings. The molecule has 1 fully saturated rings. The van der Waals surface area contributed by atoms with Gasteiger partial charge >= 0.3 is 0 Å². The van der Waals surface area contributed by atoms with Gasteiger partial charge in [0.1, 0.15) is 0 Å². The molecule has 3 aromatic heterocycles. The second-order valence-corrected chi connectivity index (χ2v) is 10.3. The normalized spacial score (nSPS) is 16.8. The number of anilines is 1. The Morgan fingerprint density at radius 3 is 2.56 bits per heavy atom. The van der Waals surface area contributed by atoms with E-state index in [4.69, 9.17) is 12.2 Å². The number of para-hydroxylation sites is 1. The zero-order valence-electron chi connectivity index (χ0n) is 22.6. The van der Waals surface area contributed by atoms with Crippen molar-refractivity contribution in [3.05, 3.63) is 113 Å². The highest BCUT2D eigenvalue weighted by Gasteiger charge is 2.41. The van der Waals surface area contributed by atoms with E-state index in [9.17, 15) is 4.79 Å². The van der Waals surface area contributed by atoms with Crippen molar-refractivity contribution in [1.29, 1.82) is 0 Å². The van der Waals surface area contributed by atoms with Gasteiger partial charge in [0.05, 0.1) is 17.8 Å². The van der Waals surface area contributed by atoms with Gasteiger partial charge in [-0.25, -0.2) is 0 Å². The average molecular weight is 539 g/mol. The SMILES string of the molecule is CCc1ccccc1NC(=O)CCN1C(=S)NC(c2ccccn2)C1c1cc(C)n(Cc2ccncc2)c1C. The monoisotopic (exact) mass is 538 g/mol. The summed E-state index contributed by atoms with van der Waals surface area (Å²) < 4.78 is 2.33. The molecule has 0 bridgehead atoms. The highest BCUT2D eigenvalue weighted by atomic mass is 32.1. The van der Waals surface area contributed by atoms with Crippen molar-refractivity contribution in [2.45, 2.75) is 52.2 Å². The molecule has 0 radical (unpaired) electrons. The number of amides is 1. The molecule has 2 N–H and O–H groups in total. The Balaban J connectivity index is 1.43. The quantitative estimate of drug-likeness (QED) is 0.274. The van der Waals surface area contributed by atoms with E-state index in [-0.39, 0.29) is 18.0 Å². The van der Waals surface area contributed by atoms with Crippen LogP contribution in [0, 0.1) is 13.8 Å². The number of nitrogens with one attached hydrogen (secondary N) is 2. The second-order valence-electron chi connectivity index (χ2n) is 9.90. The van der Waals surface area contributed by atoms with Crippen molar-refractivity contribution in [1.82, 2.24) is 24.8 Å². The van der Waals surface area contributed by atoms with Crippen LogP contribution in [0.5, 0.6) is 0 Å². The van der Waals surface area contributed by atoms with Gasteiger partial charge in [0, 0.05) is 55.2 Å². The summed E-state index contributed by atoms with van der Waals surface area (Å²) in [5.74, 6) is -0.0260. The molecule has 39 heavy (non-hydrogen) atoms. The fraction of sp³-hybridized carbons (Fsp3) is 0.290. The minimum Gasteiger partial charge on any atom is -0.352 e. The first-order chi connectivity index (χ1) is 19.0. The Morgan fingerprint density at radius 1 is 1.05 bits per heavy atom. The fourth-order valence-corrected chi connectivity index (χ4v) is 5.74. The number of carbonyl (C=O) groups excluding carboxylic acids is 1. The first kappa shape index (κ1) is 26.6. The Bertz CT molecular complexity index is 1450. The number of benzene rings is 1. The number of hydrogen-bond donors (Lipinski definition) is 2. The number of aryl methyl sites for hydroxylation is 2. The fourth-order valence-electron chi connectivity index (χ4n) is 5.41. The van der Waals surface area contributed by atoms with Gasteiger partial charge in [0.15, 0.2) is 5.11 Å². The van der Waals surface area contributed by atoms with E-state index in [1.807, 2.05) is 73.2 Å². The van der Waals surface area contributed by atoms with Crippen molar-refractivity contribution in [3.8, 4) is 0 Å². The second kappa shape index (κ2) is 11.8. The van der Waals surface area contributed by atoms with Gasteiger partial charge in [-0.3, -0.25) is 14.8 Å². The summed E-state index contributed by atoms with van der Waals surface area (Å²) in [4.78, 5) is 24.0. The molecule has 4 heterocycles. The summed E-state index contributed by atoms with van der Waals surface area (Å²) in [5, 5.41) is 7.25. The highest BCUT2D eigenvalue weighted by Crippen LogP contribution is 2.41. The molecule has 4 aromatic rings. The Hall–Kier alpha value is -4.04. The number of aromatic nitrogens is 3. The molecule has 0 spiro atoms. The van der Waals surface area contributed by atoms with Crippen molar-refractivity contribution in [3.63, 3.8) is 0 Å². The van der Waals surface area contributed by atoms with Crippen LogP contribution in [-0.2, 0) is 17.8 Å². The molecule has 2 atom stereocenters. The summed E-state index contributed by atoms with van der Waals surface area (Å²) in [7, 11) is 0. The van der Waals surface area contributed by atoms with Gasteiger partial charge < -0.3 is 20.1 Å². The van der Waals surface area contributed by atoms with Crippen LogP contribution in [0.15, 0.2) is 79.3 Å². The average Bonchev–Trinajstić information content (AvgIpc) is 3.43. The lowest BCUT2D eigenvalue weighted by Crippen LogP contribution is -2.33. The van der Waals surface area contributed by atoms with Crippen LogP contribution >= 0.6 is 12.2 Å². The van der Waals surface area contributed by atoms with Crippen LogP contribution in [-0.4, -0.2) is 37.0 Å². The van der Waals surface area contributed by atoms with Crippen LogP contribution < -0.4 is 10.6 Å². The third kappa shape index (κ3) is 5.71. The van der Waals surface area contributed by atoms with E-state index in [1.165, 1.54) is 22.5 Å². The van der Waals surface area contributed by atoms with E-state index in [1.54, 1.807) is 0 Å². The molecule has 1 amide bonds. The maximum Gasteiger partial charge on any atom is 0.226 e. The van der Waals surface area contributed by atoms with E-state index < -0.39 is 0 Å². The van der Waals surface area contributed by atoms with Gasteiger partial charge in [-0.15, -0.1) is 0 Å². The van der Waals surface area contributed by atoms with Crippen molar-refractivity contribution in [2.75, 3.05) is 11.9 Å². The Morgan fingerprint density at radius 2 is 1.82 bits per heavy atom. The maximum absolute atomic E-state index is 13.0. The predicted molar refractivity (Wildman–Crippen MR) is 158 cm³/mol. The molecule has 1 saturated heterocycles. The molecule has 1 aliphatic heterocycles. The largest absolute Gasteiger partial charge is 0.352 e. The molecule has 5 rings (SSSR count). The van der Waals surface area contributed by atoms with Crippen LogP contribution in [0.4, 0.5) is 5.69 Å². The molecular formula is C31H34N6OS. The molecule has 1 aromatic carbocycles. The number of thiocarbonyl (C=S) groups is 1. The summed E-state index contributed by atoms with van der Waals surface area (Å²) in [6, 6.07) is 20.0. The zero-order valence-corrected chi connectivity index (χ0v) is 23.4. The van der Waals surface area contributed by atoms with Gasteiger partial charge in [0.25, 0.3) is 0 Å². The number of pyridine rings is 2. The van der Waals surface area contributed by atoms with Gasteiger partial charge in [-0.2, -0.15) is 0 Å². The molecule has 200 valence electrons. The molecule has 0 saturated carbocycles. The molecule has 8 heteroatoms. The molecule has 2 unspecified atom stereocenters. The van der Waals surface area contributed by atoms with E-state index in [0.717, 1.165) is 29.9 Å². The van der Waals surface area contributed by atoms with E-state index in [0.29, 0.717) is 18.1 Å². The topological polar surface area (TPSA) is 75.1 Å². The Kier molecular flexibility index (Phi) is 8.02. The van der Waals surface area contributed by atoms with Gasteiger partial charge in [-0.05, 0) is 85.6 Å². The molecule has 0 aliphatic carbocycles. The minimum absolute atomic E-state index is 0.0260. The lowest BCUT2D eigenvalue weighted by atomic mass is 9.96. The number of hydrogen-bond acceptors (Lipinski definition) is 4. The standard InChI is InChI=1S/C31H34N6OS/c1-4-24-9-5-6-10-26(24)34-28(38)14-18-36-30(29(35-31(36)39)27-11-7-8-15-33-27)25-19-21(2)37(22(25)3)20-23-12-16-32-17-13-23/h5-13,15-17,19,29-30H,4,14,18,20H2,1-3H3,(H,34,38)(H,35,39). The van der Waals surface area contributed by atoms with Crippen molar-refractivity contribution in [2.24, 2.45) is 0 Å². The number of rotatable bonds is 9. The van der Waals surface area contributed by atoms with Crippen molar-refractivity contribution < 1.29 is 4.79 Å². The Labute approximate surface area is 235 Å². The molecular weight excluding hydrogens is 504 g/mol. The zero-order chi connectivity index (χ0) is 27.4. The number of nitrogens with zero attached hydrogens (tertiary/aromatic N) is 4.